The summed E-state index contributed by atoms with van der Waals surface area (Å²) in [6.07, 6.45) is 2.06. The zero-order chi connectivity index (χ0) is 15.3. The van der Waals surface area contributed by atoms with Gasteiger partial charge in [0.2, 0.25) is 10.0 Å². The van der Waals surface area contributed by atoms with Crippen LogP contribution in [0.15, 0.2) is 22.7 Å². The molecule has 0 aliphatic heterocycles. The van der Waals surface area contributed by atoms with E-state index >= 15 is 0 Å². The second-order valence-electron chi connectivity index (χ2n) is 4.48. The monoisotopic (exact) mass is 329 g/mol. The number of aryl methyl sites for hydroxylation is 1. The summed E-state index contributed by atoms with van der Waals surface area (Å²) in [5.41, 5.74) is 0. The Morgan fingerprint density at radius 3 is 2.86 bits per heavy atom. The molecule has 0 unspecified atom stereocenters. The van der Waals surface area contributed by atoms with Crippen molar-refractivity contribution in [3.8, 4) is 0 Å². The molecule has 21 heavy (non-hydrogen) atoms. The Morgan fingerprint density at radius 1 is 1.38 bits per heavy atom. The average molecular weight is 329 g/mol. The lowest BCUT2D eigenvalue weighted by Gasteiger charge is -2.03. The summed E-state index contributed by atoms with van der Waals surface area (Å²) in [4.78, 5) is 5.06. The maximum absolute atomic E-state index is 12.1. The first-order valence-electron chi connectivity index (χ1n) is 6.65. The number of rotatable bonds is 8. The Kier molecular flexibility index (Phi) is 5.45. The standard InChI is InChI=1S/C12H19N5O2S2/c1-3-13-8-10-4-5-12(20-10)21(18,19)15-7-6-11-14-9-17(2)16-11/h4-5,9,13,15H,3,6-8H2,1-2H3. The molecule has 2 aromatic heterocycles. The third kappa shape index (κ3) is 4.60. The van der Waals surface area contributed by atoms with Crippen molar-refractivity contribution in [3.63, 3.8) is 0 Å². The Balaban J connectivity index is 1.90. The highest BCUT2D eigenvalue weighted by Crippen LogP contribution is 2.21. The van der Waals surface area contributed by atoms with Gasteiger partial charge in [-0.05, 0) is 18.7 Å². The van der Waals surface area contributed by atoms with E-state index in [0.29, 0.717) is 23.0 Å². The Morgan fingerprint density at radius 2 is 2.19 bits per heavy atom. The van der Waals surface area contributed by atoms with Crippen LogP contribution < -0.4 is 10.0 Å². The van der Waals surface area contributed by atoms with Gasteiger partial charge in [0.25, 0.3) is 0 Å². The van der Waals surface area contributed by atoms with E-state index < -0.39 is 10.0 Å². The van der Waals surface area contributed by atoms with E-state index in [1.165, 1.54) is 11.3 Å². The van der Waals surface area contributed by atoms with Gasteiger partial charge in [-0.15, -0.1) is 11.3 Å². The first-order valence-corrected chi connectivity index (χ1v) is 8.95. The van der Waals surface area contributed by atoms with E-state index in [1.54, 1.807) is 24.1 Å². The van der Waals surface area contributed by atoms with Crippen LogP contribution in [0.25, 0.3) is 0 Å². The van der Waals surface area contributed by atoms with Crippen molar-refractivity contribution < 1.29 is 8.42 Å². The van der Waals surface area contributed by atoms with Crippen molar-refractivity contribution in [2.24, 2.45) is 7.05 Å². The molecule has 0 radical (unpaired) electrons. The zero-order valence-electron chi connectivity index (χ0n) is 12.0. The van der Waals surface area contributed by atoms with Crippen LogP contribution in [0.5, 0.6) is 0 Å². The van der Waals surface area contributed by atoms with Crippen molar-refractivity contribution in [2.75, 3.05) is 13.1 Å². The van der Waals surface area contributed by atoms with E-state index in [0.717, 1.165) is 11.4 Å². The quantitative estimate of drug-likeness (QED) is 0.736. The predicted octanol–water partition coefficient (Wildman–Crippen LogP) is 0.507. The first-order chi connectivity index (χ1) is 10.0. The molecule has 0 spiro atoms. The summed E-state index contributed by atoms with van der Waals surface area (Å²) in [6, 6.07) is 3.47. The van der Waals surface area contributed by atoms with Gasteiger partial charge in [0.1, 0.15) is 10.5 Å². The molecular weight excluding hydrogens is 310 g/mol. The number of sulfonamides is 1. The smallest absolute Gasteiger partial charge is 0.250 e. The molecule has 2 aromatic rings. The minimum atomic E-state index is -3.45. The minimum Gasteiger partial charge on any atom is -0.312 e. The van der Waals surface area contributed by atoms with Gasteiger partial charge in [-0.2, -0.15) is 5.10 Å². The van der Waals surface area contributed by atoms with Gasteiger partial charge in [-0.1, -0.05) is 6.92 Å². The maximum atomic E-state index is 12.1. The summed E-state index contributed by atoms with van der Waals surface area (Å²) in [6.45, 7) is 3.84. The number of nitrogens with one attached hydrogen (secondary N) is 2. The highest BCUT2D eigenvalue weighted by Gasteiger charge is 2.16. The number of nitrogens with zero attached hydrogens (tertiary/aromatic N) is 3. The van der Waals surface area contributed by atoms with Crippen LogP contribution in [0.4, 0.5) is 0 Å². The van der Waals surface area contributed by atoms with Crippen LogP contribution in [0.1, 0.15) is 17.6 Å². The van der Waals surface area contributed by atoms with Gasteiger partial charge in [-0.3, -0.25) is 4.68 Å². The number of aromatic nitrogens is 3. The van der Waals surface area contributed by atoms with Crippen molar-refractivity contribution in [1.29, 1.82) is 0 Å². The Hall–Kier alpha value is -1.29. The van der Waals surface area contributed by atoms with Crippen molar-refractivity contribution in [1.82, 2.24) is 24.8 Å². The first kappa shape index (κ1) is 16.1. The molecule has 0 saturated carbocycles. The Bertz CT molecular complexity index is 677. The largest absolute Gasteiger partial charge is 0.312 e. The summed E-state index contributed by atoms with van der Waals surface area (Å²) in [5.74, 6) is 0.624. The van der Waals surface area contributed by atoms with Gasteiger partial charge in [0.05, 0.1) is 0 Å². The van der Waals surface area contributed by atoms with Gasteiger partial charge in [0, 0.05) is 31.4 Å². The lowest BCUT2D eigenvalue weighted by Crippen LogP contribution is -2.25. The molecule has 0 aromatic carbocycles. The molecular formula is C12H19N5O2S2. The van der Waals surface area contributed by atoms with E-state index in [4.69, 9.17) is 0 Å². The van der Waals surface area contributed by atoms with E-state index in [2.05, 4.69) is 20.1 Å². The molecule has 0 saturated heterocycles. The van der Waals surface area contributed by atoms with Gasteiger partial charge in [-0.25, -0.2) is 18.1 Å². The molecule has 116 valence electrons. The summed E-state index contributed by atoms with van der Waals surface area (Å²) < 4.78 is 28.8. The fourth-order valence-electron chi connectivity index (χ4n) is 1.71. The second-order valence-corrected chi connectivity index (χ2v) is 7.65. The molecule has 2 N–H and O–H groups in total. The van der Waals surface area contributed by atoms with Crippen LogP contribution in [0.2, 0.25) is 0 Å². The van der Waals surface area contributed by atoms with E-state index in [1.807, 2.05) is 13.0 Å². The molecule has 2 rings (SSSR count). The van der Waals surface area contributed by atoms with Crippen molar-refractivity contribution >= 4 is 21.4 Å². The minimum absolute atomic E-state index is 0.285. The topological polar surface area (TPSA) is 88.9 Å². The van der Waals surface area contributed by atoms with Gasteiger partial charge >= 0.3 is 0 Å². The SMILES string of the molecule is CCNCc1ccc(S(=O)(=O)NCCc2ncn(C)n2)s1. The number of hydrogen-bond acceptors (Lipinski definition) is 6. The molecule has 0 bridgehead atoms. The van der Waals surface area contributed by atoms with Crippen LogP contribution in [-0.2, 0) is 30.0 Å². The average Bonchev–Trinajstić information content (AvgIpc) is 3.06. The molecule has 2 heterocycles. The number of thiophene rings is 1. The second kappa shape index (κ2) is 7.12. The van der Waals surface area contributed by atoms with Gasteiger partial charge < -0.3 is 5.32 Å². The van der Waals surface area contributed by atoms with E-state index in [9.17, 15) is 8.42 Å². The fraction of sp³-hybridized carbons (Fsp3) is 0.500. The zero-order valence-corrected chi connectivity index (χ0v) is 13.7. The predicted molar refractivity (Wildman–Crippen MR) is 81.6 cm³/mol. The van der Waals surface area contributed by atoms with Crippen molar-refractivity contribution in [3.05, 3.63) is 29.2 Å². The van der Waals surface area contributed by atoms with Crippen LogP contribution >= 0.6 is 11.3 Å². The summed E-state index contributed by atoms with van der Waals surface area (Å²) in [7, 11) is -1.67. The molecule has 0 atom stereocenters. The lowest BCUT2D eigenvalue weighted by molar-refractivity contribution is 0.582. The number of hydrogen-bond donors (Lipinski definition) is 2. The normalized spacial score (nSPS) is 11.9. The maximum Gasteiger partial charge on any atom is 0.250 e. The van der Waals surface area contributed by atoms with Gasteiger partial charge in [0.15, 0.2) is 5.82 Å². The van der Waals surface area contributed by atoms with E-state index in [-0.39, 0.29) is 6.54 Å². The molecule has 7 nitrogen and oxygen atoms in total. The third-order valence-electron chi connectivity index (χ3n) is 2.74. The molecule has 0 aliphatic carbocycles. The summed E-state index contributed by atoms with van der Waals surface area (Å²) in [5, 5.41) is 7.28. The van der Waals surface area contributed by atoms with Crippen LogP contribution in [-0.4, -0.2) is 36.3 Å². The van der Waals surface area contributed by atoms with Crippen LogP contribution in [0, 0.1) is 0 Å². The third-order valence-corrected chi connectivity index (χ3v) is 5.78. The highest BCUT2D eigenvalue weighted by atomic mass is 32.2. The molecule has 9 heteroatoms. The summed E-state index contributed by atoms with van der Waals surface area (Å²) >= 11 is 1.28. The molecule has 0 aliphatic rings. The molecule has 0 amide bonds. The molecule has 0 fully saturated rings. The lowest BCUT2D eigenvalue weighted by atomic mass is 10.4. The van der Waals surface area contributed by atoms with Crippen molar-refractivity contribution in [2.45, 2.75) is 24.1 Å². The highest BCUT2D eigenvalue weighted by molar-refractivity contribution is 7.91. The Labute approximate surface area is 128 Å². The fourth-order valence-corrected chi connectivity index (χ4v) is 4.11. The van der Waals surface area contributed by atoms with Crippen LogP contribution in [0.3, 0.4) is 0 Å².